The quantitative estimate of drug-likeness (QED) is 0.422. The lowest BCUT2D eigenvalue weighted by molar-refractivity contribution is -0.125. The number of rotatable bonds is 8. The number of ether oxygens (including phenoxy) is 1. The number of nitrogens with zero attached hydrogens (tertiary/aromatic N) is 4. The summed E-state index contributed by atoms with van der Waals surface area (Å²) in [5.74, 6) is 0.632. The molecule has 1 atom stereocenters. The molecule has 2 aromatic heterocycles. The molecule has 1 fully saturated rings. The Morgan fingerprint density at radius 3 is 2.72 bits per heavy atom. The molecule has 2 amide bonds. The molecule has 4 heterocycles. The van der Waals surface area contributed by atoms with Crippen LogP contribution in [0.1, 0.15) is 41.9 Å². The van der Waals surface area contributed by atoms with Crippen LogP contribution in [0.4, 0.5) is 16.8 Å². The minimum atomic E-state index is -3.90. The molecule has 39 heavy (non-hydrogen) atoms. The lowest BCUT2D eigenvalue weighted by Gasteiger charge is -2.26. The Morgan fingerprint density at radius 1 is 1.21 bits per heavy atom. The van der Waals surface area contributed by atoms with E-state index in [4.69, 9.17) is 4.74 Å². The summed E-state index contributed by atoms with van der Waals surface area (Å²) in [7, 11) is -2.56. The SMILES string of the molecule is CCC(C)N1Cc2cc(-c3sc(Nc4cccc(N5CCOCC5=O)n4)nc3C)cc(S(=O)(=O)NC)c2C1=O. The van der Waals surface area contributed by atoms with Crippen molar-refractivity contribution < 1.29 is 22.7 Å². The zero-order valence-corrected chi connectivity index (χ0v) is 23.8. The number of carbonyl (C=O) groups is 2. The maximum Gasteiger partial charge on any atom is 0.256 e. The highest BCUT2D eigenvalue weighted by Crippen LogP contribution is 2.39. The van der Waals surface area contributed by atoms with E-state index in [-0.39, 0.29) is 34.9 Å². The van der Waals surface area contributed by atoms with Crippen molar-refractivity contribution in [2.75, 3.05) is 37.0 Å². The summed E-state index contributed by atoms with van der Waals surface area (Å²) in [6.07, 6.45) is 0.763. The second-order valence-corrected chi connectivity index (χ2v) is 12.3. The zero-order chi connectivity index (χ0) is 27.9. The van der Waals surface area contributed by atoms with E-state index in [2.05, 4.69) is 20.0 Å². The van der Waals surface area contributed by atoms with Crippen molar-refractivity contribution >= 4 is 49.9 Å². The van der Waals surface area contributed by atoms with E-state index in [1.807, 2.05) is 32.9 Å². The van der Waals surface area contributed by atoms with Crippen LogP contribution >= 0.6 is 11.3 Å². The first-order valence-electron chi connectivity index (χ1n) is 12.6. The Balaban J connectivity index is 1.49. The van der Waals surface area contributed by atoms with E-state index in [0.717, 1.165) is 11.3 Å². The predicted molar refractivity (Wildman–Crippen MR) is 149 cm³/mol. The number of aromatic nitrogens is 2. The average Bonchev–Trinajstić information content (AvgIpc) is 3.46. The number of benzene rings is 1. The molecule has 0 saturated carbocycles. The number of aryl methyl sites for hydroxylation is 1. The Kier molecular flexibility index (Phi) is 7.42. The van der Waals surface area contributed by atoms with Crippen LogP contribution < -0.4 is 14.9 Å². The molecule has 2 aliphatic rings. The molecule has 0 spiro atoms. The largest absolute Gasteiger partial charge is 0.370 e. The summed E-state index contributed by atoms with van der Waals surface area (Å²) in [5, 5.41) is 3.77. The van der Waals surface area contributed by atoms with Gasteiger partial charge in [-0.15, -0.1) is 0 Å². The summed E-state index contributed by atoms with van der Waals surface area (Å²) in [4.78, 5) is 38.7. The Labute approximate surface area is 231 Å². The van der Waals surface area contributed by atoms with E-state index in [0.29, 0.717) is 53.3 Å². The predicted octanol–water partition coefficient (Wildman–Crippen LogP) is 3.28. The number of fused-ring (bicyclic) bond motifs is 1. The number of sulfonamides is 1. The molecule has 1 saturated heterocycles. The Morgan fingerprint density at radius 2 is 2.00 bits per heavy atom. The second kappa shape index (κ2) is 10.6. The number of hydrogen-bond donors (Lipinski definition) is 2. The molecule has 0 aliphatic carbocycles. The fourth-order valence-electron chi connectivity index (χ4n) is 4.70. The zero-order valence-electron chi connectivity index (χ0n) is 22.1. The van der Waals surface area contributed by atoms with Gasteiger partial charge >= 0.3 is 0 Å². The summed E-state index contributed by atoms with van der Waals surface area (Å²) < 4.78 is 33.6. The lowest BCUT2D eigenvalue weighted by Crippen LogP contribution is -2.42. The van der Waals surface area contributed by atoms with Crippen molar-refractivity contribution in [2.24, 2.45) is 0 Å². The molecular weight excluding hydrogens is 540 g/mol. The fourth-order valence-corrected chi connectivity index (χ4v) is 6.65. The number of thiazole rings is 1. The molecular formula is C26H30N6O5S2. The third-order valence-electron chi connectivity index (χ3n) is 6.97. The number of morpholine rings is 1. The van der Waals surface area contributed by atoms with Gasteiger partial charge in [-0.2, -0.15) is 0 Å². The number of amides is 2. The van der Waals surface area contributed by atoms with E-state index in [1.54, 1.807) is 28.0 Å². The summed E-state index contributed by atoms with van der Waals surface area (Å²) in [6, 6.07) is 8.78. The summed E-state index contributed by atoms with van der Waals surface area (Å²) >= 11 is 1.36. The molecule has 2 N–H and O–H groups in total. The number of carbonyl (C=O) groups excluding carboxylic acids is 2. The minimum absolute atomic E-state index is 0.0181. The van der Waals surface area contributed by atoms with E-state index >= 15 is 0 Å². The monoisotopic (exact) mass is 570 g/mol. The average molecular weight is 571 g/mol. The van der Waals surface area contributed by atoms with Crippen LogP contribution in [0.5, 0.6) is 0 Å². The normalized spacial score (nSPS) is 16.5. The maximum atomic E-state index is 13.2. The molecule has 1 unspecified atom stereocenters. The van der Waals surface area contributed by atoms with Crippen molar-refractivity contribution in [3.63, 3.8) is 0 Å². The smallest absolute Gasteiger partial charge is 0.256 e. The molecule has 3 aromatic rings. The van der Waals surface area contributed by atoms with Gasteiger partial charge in [-0.25, -0.2) is 23.1 Å². The van der Waals surface area contributed by atoms with Crippen molar-refractivity contribution in [1.82, 2.24) is 19.6 Å². The van der Waals surface area contributed by atoms with Crippen LogP contribution in [-0.4, -0.2) is 67.9 Å². The maximum absolute atomic E-state index is 13.2. The molecule has 0 radical (unpaired) electrons. The van der Waals surface area contributed by atoms with Gasteiger partial charge in [0, 0.05) is 12.6 Å². The number of hydrogen-bond acceptors (Lipinski definition) is 9. The van der Waals surface area contributed by atoms with Gasteiger partial charge in [-0.05, 0) is 62.7 Å². The van der Waals surface area contributed by atoms with Crippen LogP contribution in [0.2, 0.25) is 0 Å². The van der Waals surface area contributed by atoms with E-state index in [1.165, 1.54) is 18.4 Å². The van der Waals surface area contributed by atoms with E-state index in [9.17, 15) is 18.0 Å². The van der Waals surface area contributed by atoms with Gasteiger partial charge in [0.1, 0.15) is 18.2 Å². The van der Waals surface area contributed by atoms with Crippen molar-refractivity contribution in [1.29, 1.82) is 0 Å². The van der Waals surface area contributed by atoms with Gasteiger partial charge in [0.05, 0.1) is 34.2 Å². The molecule has 11 nitrogen and oxygen atoms in total. The molecule has 13 heteroatoms. The van der Waals surface area contributed by atoms with Crippen molar-refractivity contribution in [3.05, 3.63) is 47.2 Å². The van der Waals surface area contributed by atoms with Crippen LogP contribution in [0.3, 0.4) is 0 Å². The molecule has 2 aliphatic heterocycles. The highest BCUT2D eigenvalue weighted by molar-refractivity contribution is 7.89. The molecule has 206 valence electrons. The third kappa shape index (κ3) is 5.14. The van der Waals surface area contributed by atoms with Gasteiger partial charge in [0.25, 0.3) is 11.8 Å². The molecule has 0 bridgehead atoms. The first-order chi connectivity index (χ1) is 18.6. The number of pyridine rings is 1. The van der Waals surface area contributed by atoms with Crippen molar-refractivity contribution in [2.45, 2.75) is 44.7 Å². The Hall–Kier alpha value is -3.39. The lowest BCUT2D eigenvalue weighted by atomic mass is 10.0. The highest BCUT2D eigenvalue weighted by atomic mass is 32.2. The second-order valence-electron chi connectivity index (χ2n) is 9.44. The van der Waals surface area contributed by atoms with Crippen molar-refractivity contribution in [3.8, 4) is 10.4 Å². The molecule has 1 aromatic carbocycles. The van der Waals surface area contributed by atoms with Crippen LogP contribution in [0.15, 0.2) is 35.2 Å². The Bertz CT molecular complexity index is 1550. The van der Waals surface area contributed by atoms with Gasteiger partial charge < -0.3 is 15.0 Å². The third-order valence-corrected chi connectivity index (χ3v) is 9.53. The summed E-state index contributed by atoms with van der Waals surface area (Å²) in [5.41, 5.74) is 2.29. The fraction of sp³-hybridized carbons (Fsp3) is 0.385. The summed E-state index contributed by atoms with van der Waals surface area (Å²) in [6.45, 7) is 7.07. The van der Waals surface area contributed by atoms with Gasteiger partial charge in [0.2, 0.25) is 10.0 Å². The first kappa shape index (κ1) is 27.2. The highest BCUT2D eigenvalue weighted by Gasteiger charge is 2.36. The number of anilines is 3. The van der Waals surface area contributed by atoms with Gasteiger partial charge in [-0.3, -0.25) is 14.5 Å². The number of nitrogens with one attached hydrogen (secondary N) is 2. The molecule has 5 rings (SSSR count). The van der Waals surface area contributed by atoms with Crippen LogP contribution in [-0.2, 0) is 26.1 Å². The minimum Gasteiger partial charge on any atom is -0.370 e. The van der Waals surface area contributed by atoms with Crippen LogP contribution in [0.25, 0.3) is 10.4 Å². The first-order valence-corrected chi connectivity index (χ1v) is 14.9. The topological polar surface area (TPSA) is 134 Å². The standard InChI is InChI=1S/C26H30N6O5S2/c1-5-15(2)32-13-18-11-17(12-19(23(18)25(32)34)39(35,36)27-4)24-16(3)28-26(38-24)30-20-7-6-8-21(29-20)31-9-10-37-14-22(31)33/h6-8,11-12,15,27H,5,9-10,13-14H2,1-4H3,(H,28,29,30). The van der Waals surface area contributed by atoms with Crippen LogP contribution in [0, 0.1) is 6.92 Å². The van der Waals surface area contributed by atoms with E-state index < -0.39 is 10.0 Å². The van der Waals surface area contributed by atoms with Gasteiger partial charge in [0.15, 0.2) is 5.13 Å². The van der Waals surface area contributed by atoms with Gasteiger partial charge in [-0.1, -0.05) is 24.3 Å².